The van der Waals surface area contributed by atoms with Gasteiger partial charge in [0.15, 0.2) is 5.60 Å². The molecular weight excluding hydrogens is 484 g/mol. The fourth-order valence-corrected chi connectivity index (χ4v) is 5.18. The van der Waals surface area contributed by atoms with E-state index < -0.39 is 5.60 Å². The van der Waals surface area contributed by atoms with Crippen molar-refractivity contribution in [2.24, 2.45) is 17.8 Å². The number of nitrogens with zero attached hydrogens (tertiary/aromatic N) is 2. The first-order valence-electron chi connectivity index (χ1n) is 14.0. The predicted octanol–water partition coefficient (Wildman–Crippen LogP) is 3.11. The van der Waals surface area contributed by atoms with Gasteiger partial charge in [-0.1, -0.05) is 13.8 Å². The third-order valence-corrected chi connectivity index (χ3v) is 7.96. The number of rotatable bonds is 10. The third kappa shape index (κ3) is 6.15. The van der Waals surface area contributed by atoms with E-state index in [1.54, 1.807) is 25.9 Å². The monoisotopic (exact) mass is 528 g/mol. The van der Waals surface area contributed by atoms with Crippen LogP contribution in [0.2, 0.25) is 0 Å². The van der Waals surface area contributed by atoms with Crippen molar-refractivity contribution < 1.29 is 23.9 Å². The van der Waals surface area contributed by atoms with Gasteiger partial charge in [-0.2, -0.15) is 0 Å². The van der Waals surface area contributed by atoms with E-state index in [0.29, 0.717) is 56.4 Å². The number of fused-ring (bicyclic) bond motifs is 1. The molecule has 2 heterocycles. The van der Waals surface area contributed by atoms with Gasteiger partial charge in [-0.25, -0.2) is 0 Å². The molecule has 1 aromatic carbocycles. The van der Waals surface area contributed by atoms with Crippen LogP contribution >= 0.6 is 0 Å². The lowest BCUT2D eigenvalue weighted by molar-refractivity contribution is -0.132. The fourth-order valence-electron chi connectivity index (χ4n) is 5.18. The summed E-state index contributed by atoms with van der Waals surface area (Å²) in [6.45, 7) is 11.9. The summed E-state index contributed by atoms with van der Waals surface area (Å²) in [4.78, 5) is 43.8. The van der Waals surface area contributed by atoms with E-state index in [2.05, 4.69) is 24.5 Å². The summed E-state index contributed by atoms with van der Waals surface area (Å²) >= 11 is 0. The SMILES string of the molecule is COCCCN1C(=O)C(C)(C)Oc2ccc(N(C(=O)[C@H]3CNC[C@@H](C(=O)N[C@@H](C)C(C)C)C3)C3CC3)cc21. The quantitative estimate of drug-likeness (QED) is 0.453. The van der Waals surface area contributed by atoms with Crippen molar-refractivity contribution in [2.45, 2.75) is 78.0 Å². The standard InChI is InChI=1S/C29H44N4O5/c1-18(2)19(3)31-26(34)20-14-21(17-30-16-20)27(35)33(22-8-9-22)23-10-11-25-24(15-23)32(12-7-13-37-6)28(36)29(4,5)38-25/h10-11,15,18-22,30H,7-9,12-14,16-17H2,1-6H3,(H,31,34)/t19-,20-,21+/m0/s1. The molecule has 0 bridgehead atoms. The number of carbonyl (C=O) groups excluding carboxylic acids is 3. The summed E-state index contributed by atoms with van der Waals surface area (Å²) in [5, 5.41) is 6.43. The molecule has 1 saturated heterocycles. The maximum absolute atomic E-state index is 13.9. The van der Waals surface area contributed by atoms with Crippen molar-refractivity contribution >= 4 is 29.1 Å². The van der Waals surface area contributed by atoms with Crippen LogP contribution in [0.15, 0.2) is 18.2 Å². The van der Waals surface area contributed by atoms with Gasteiger partial charge in [-0.05, 0) is 70.6 Å². The number of ether oxygens (including phenoxy) is 2. The molecule has 2 aliphatic heterocycles. The first-order chi connectivity index (χ1) is 18.0. The summed E-state index contributed by atoms with van der Waals surface area (Å²) in [5.41, 5.74) is 0.483. The number of methoxy groups -OCH3 is 1. The summed E-state index contributed by atoms with van der Waals surface area (Å²) in [5.74, 6) is 0.375. The Morgan fingerprint density at radius 2 is 1.92 bits per heavy atom. The summed E-state index contributed by atoms with van der Waals surface area (Å²) in [6.07, 6.45) is 3.10. The topological polar surface area (TPSA) is 100 Å². The molecule has 0 spiro atoms. The number of piperidine rings is 1. The highest BCUT2D eigenvalue weighted by molar-refractivity contribution is 6.04. The zero-order valence-corrected chi connectivity index (χ0v) is 23.7. The average Bonchev–Trinajstić information content (AvgIpc) is 3.71. The van der Waals surface area contributed by atoms with Crippen LogP contribution in [0, 0.1) is 17.8 Å². The van der Waals surface area contributed by atoms with Gasteiger partial charge in [0.2, 0.25) is 11.8 Å². The molecule has 9 nitrogen and oxygen atoms in total. The summed E-state index contributed by atoms with van der Waals surface area (Å²) in [7, 11) is 1.65. The molecule has 0 unspecified atom stereocenters. The van der Waals surface area contributed by atoms with Crippen molar-refractivity contribution in [3.8, 4) is 5.75 Å². The van der Waals surface area contributed by atoms with Crippen LogP contribution < -0.4 is 25.2 Å². The molecular formula is C29H44N4O5. The largest absolute Gasteiger partial charge is 0.476 e. The van der Waals surface area contributed by atoms with Gasteiger partial charge in [0, 0.05) is 51.1 Å². The second kappa shape index (κ2) is 11.6. The molecule has 2 fully saturated rings. The number of nitrogens with one attached hydrogen (secondary N) is 2. The number of carbonyl (C=O) groups is 3. The Kier molecular flexibility index (Phi) is 8.67. The normalized spacial score (nSPS) is 23.4. The van der Waals surface area contributed by atoms with Gasteiger partial charge in [0.05, 0.1) is 17.5 Å². The van der Waals surface area contributed by atoms with Gasteiger partial charge >= 0.3 is 0 Å². The van der Waals surface area contributed by atoms with E-state index >= 15 is 0 Å². The van der Waals surface area contributed by atoms with Crippen molar-refractivity contribution in [3.05, 3.63) is 18.2 Å². The summed E-state index contributed by atoms with van der Waals surface area (Å²) < 4.78 is 11.3. The molecule has 1 aliphatic carbocycles. The minimum Gasteiger partial charge on any atom is -0.476 e. The van der Waals surface area contributed by atoms with Crippen LogP contribution in [0.5, 0.6) is 5.75 Å². The van der Waals surface area contributed by atoms with Crippen LogP contribution in [-0.2, 0) is 19.1 Å². The van der Waals surface area contributed by atoms with E-state index in [0.717, 1.165) is 18.5 Å². The number of benzene rings is 1. The zero-order chi connectivity index (χ0) is 27.6. The number of hydrogen-bond acceptors (Lipinski definition) is 6. The Hall–Kier alpha value is -2.65. The molecule has 3 aliphatic rings. The van der Waals surface area contributed by atoms with Crippen molar-refractivity contribution in [1.82, 2.24) is 10.6 Å². The van der Waals surface area contributed by atoms with Gasteiger partial charge in [-0.15, -0.1) is 0 Å². The maximum atomic E-state index is 13.9. The highest BCUT2D eigenvalue weighted by Crippen LogP contribution is 2.43. The molecule has 210 valence electrons. The average molecular weight is 529 g/mol. The first-order valence-corrected chi connectivity index (χ1v) is 14.0. The lowest BCUT2D eigenvalue weighted by atomic mass is 9.88. The van der Waals surface area contributed by atoms with Gasteiger partial charge in [0.25, 0.3) is 5.91 Å². The smallest absolute Gasteiger partial charge is 0.270 e. The van der Waals surface area contributed by atoms with Gasteiger partial charge < -0.3 is 29.9 Å². The van der Waals surface area contributed by atoms with Gasteiger partial charge in [-0.3, -0.25) is 14.4 Å². The van der Waals surface area contributed by atoms with E-state index in [-0.39, 0.29) is 41.6 Å². The molecule has 38 heavy (non-hydrogen) atoms. The second-order valence-corrected chi connectivity index (χ2v) is 11.8. The first kappa shape index (κ1) is 28.4. The molecule has 1 aromatic rings. The van der Waals surface area contributed by atoms with Crippen LogP contribution in [-0.4, -0.2) is 68.8 Å². The van der Waals surface area contributed by atoms with E-state index in [9.17, 15) is 14.4 Å². The third-order valence-electron chi connectivity index (χ3n) is 7.96. The Morgan fingerprint density at radius 3 is 2.58 bits per heavy atom. The minimum absolute atomic E-state index is 0.00734. The molecule has 2 N–H and O–H groups in total. The van der Waals surface area contributed by atoms with Crippen LogP contribution in [0.25, 0.3) is 0 Å². The van der Waals surface area contributed by atoms with Crippen molar-refractivity contribution in [1.29, 1.82) is 0 Å². The minimum atomic E-state index is -0.968. The van der Waals surface area contributed by atoms with Gasteiger partial charge in [0.1, 0.15) is 5.75 Å². The highest BCUT2D eigenvalue weighted by atomic mass is 16.5. The molecule has 1 saturated carbocycles. The van der Waals surface area contributed by atoms with Crippen molar-refractivity contribution in [2.75, 3.05) is 43.2 Å². The Bertz CT molecular complexity index is 1040. The Morgan fingerprint density at radius 1 is 1.21 bits per heavy atom. The lowest BCUT2D eigenvalue weighted by Crippen LogP contribution is -2.53. The lowest BCUT2D eigenvalue weighted by Gasteiger charge is -2.40. The zero-order valence-electron chi connectivity index (χ0n) is 23.7. The molecule has 0 radical (unpaired) electrons. The van der Waals surface area contributed by atoms with E-state index in [1.165, 1.54) is 0 Å². The number of hydrogen-bond donors (Lipinski definition) is 2. The predicted molar refractivity (Wildman–Crippen MR) is 147 cm³/mol. The Labute approximate surface area is 226 Å². The Balaban J connectivity index is 1.55. The second-order valence-electron chi connectivity index (χ2n) is 11.8. The fraction of sp³-hybridized carbons (Fsp3) is 0.690. The van der Waals surface area contributed by atoms with Crippen LogP contribution in [0.4, 0.5) is 11.4 Å². The van der Waals surface area contributed by atoms with E-state index in [1.807, 2.05) is 30.0 Å². The van der Waals surface area contributed by atoms with E-state index in [4.69, 9.17) is 9.47 Å². The molecule has 3 atom stereocenters. The van der Waals surface area contributed by atoms with Crippen LogP contribution in [0.3, 0.4) is 0 Å². The van der Waals surface area contributed by atoms with Crippen LogP contribution in [0.1, 0.15) is 60.3 Å². The molecule has 9 heteroatoms. The number of amides is 3. The molecule has 3 amide bonds. The summed E-state index contributed by atoms with van der Waals surface area (Å²) in [6, 6.07) is 5.91. The molecule has 0 aromatic heterocycles. The highest BCUT2D eigenvalue weighted by Gasteiger charge is 2.43. The number of anilines is 2. The maximum Gasteiger partial charge on any atom is 0.270 e. The molecule has 4 rings (SSSR count). The van der Waals surface area contributed by atoms with Crippen molar-refractivity contribution in [3.63, 3.8) is 0 Å².